The van der Waals surface area contributed by atoms with Gasteiger partial charge in [-0.2, -0.15) is 0 Å². The first-order valence-corrected chi connectivity index (χ1v) is 9.64. The molecule has 1 aliphatic rings. The van der Waals surface area contributed by atoms with E-state index in [1.54, 1.807) is 36.5 Å². The van der Waals surface area contributed by atoms with Crippen LogP contribution in [0, 0.1) is 0 Å². The number of fused-ring (bicyclic) bond motifs is 2. The number of amides is 2. The topological polar surface area (TPSA) is 74.8 Å². The second kappa shape index (κ2) is 9.03. The number of halogens is 1. The summed E-state index contributed by atoms with van der Waals surface area (Å²) in [4.78, 5) is 33.3. The first kappa shape index (κ1) is 20.1. The van der Waals surface area contributed by atoms with Gasteiger partial charge in [0.2, 0.25) is 11.8 Å². The number of anilines is 1. The molecule has 3 rings (SSSR count). The number of ether oxygens (including phenoxy) is 1. The number of rotatable bonds is 7. The fourth-order valence-corrected chi connectivity index (χ4v) is 3.20. The number of pyridine rings is 1. The largest absolute Gasteiger partial charge is 0.436 e. The van der Waals surface area contributed by atoms with Crippen molar-refractivity contribution in [3.05, 3.63) is 47.1 Å². The predicted molar refractivity (Wildman–Crippen MR) is 108 cm³/mol. The van der Waals surface area contributed by atoms with Crippen molar-refractivity contribution < 1.29 is 14.3 Å². The summed E-state index contributed by atoms with van der Waals surface area (Å²) in [6.07, 6.45) is 1.55. The summed E-state index contributed by atoms with van der Waals surface area (Å²) in [7, 11) is 0. The van der Waals surface area contributed by atoms with Gasteiger partial charge >= 0.3 is 0 Å². The lowest BCUT2D eigenvalue weighted by Crippen LogP contribution is -2.43. The highest BCUT2D eigenvalue weighted by atomic mass is 35.5. The van der Waals surface area contributed by atoms with Crippen molar-refractivity contribution in [2.24, 2.45) is 0 Å². The van der Waals surface area contributed by atoms with Gasteiger partial charge in [0.15, 0.2) is 5.75 Å². The zero-order valence-electron chi connectivity index (χ0n) is 15.9. The Labute approximate surface area is 169 Å². The number of aromatic nitrogens is 1. The lowest BCUT2D eigenvalue weighted by molar-refractivity contribution is -0.119. The van der Waals surface area contributed by atoms with E-state index in [-0.39, 0.29) is 24.2 Å². The Kier molecular flexibility index (Phi) is 6.49. The van der Waals surface area contributed by atoms with Gasteiger partial charge in [0, 0.05) is 24.3 Å². The zero-order chi connectivity index (χ0) is 20.1. The quantitative estimate of drug-likeness (QED) is 0.770. The van der Waals surface area contributed by atoms with Gasteiger partial charge < -0.3 is 15.0 Å². The van der Waals surface area contributed by atoms with Crippen LogP contribution in [0.4, 0.5) is 5.69 Å². The van der Waals surface area contributed by atoms with Gasteiger partial charge in [-0.15, -0.1) is 0 Å². The van der Waals surface area contributed by atoms with Crippen LogP contribution in [-0.2, 0) is 4.79 Å². The van der Waals surface area contributed by atoms with Crippen LogP contribution in [0.5, 0.6) is 11.6 Å². The highest BCUT2D eigenvalue weighted by Crippen LogP contribution is 2.39. The summed E-state index contributed by atoms with van der Waals surface area (Å²) in [5, 5.41) is 3.32. The van der Waals surface area contributed by atoms with E-state index >= 15 is 0 Å². The standard InChI is InChI=1S/C20H23ClN4O3/c1-3-24(4-2)11-10-22-18(26)13-25-16-12-14(21)7-8-17(16)28-19-15(20(25)27)6-5-9-23-19/h5-9,12H,3-4,10-11,13H2,1-2H3,(H,22,26). The molecule has 0 aliphatic carbocycles. The molecule has 2 aromatic rings. The fourth-order valence-electron chi connectivity index (χ4n) is 3.03. The third-order valence-electron chi connectivity index (χ3n) is 4.61. The molecule has 0 fully saturated rings. The molecule has 2 amide bonds. The lowest BCUT2D eigenvalue weighted by atomic mass is 10.2. The third kappa shape index (κ3) is 4.43. The van der Waals surface area contributed by atoms with Crippen molar-refractivity contribution in [3.63, 3.8) is 0 Å². The molecule has 1 aromatic heterocycles. The Morgan fingerprint density at radius 1 is 1.29 bits per heavy atom. The SMILES string of the molecule is CCN(CC)CCNC(=O)CN1C(=O)c2cccnc2Oc2ccc(Cl)cc21. The van der Waals surface area contributed by atoms with Crippen LogP contribution in [0.1, 0.15) is 24.2 Å². The molecule has 0 bridgehead atoms. The highest BCUT2D eigenvalue weighted by molar-refractivity contribution is 6.31. The van der Waals surface area contributed by atoms with Gasteiger partial charge in [0.1, 0.15) is 12.1 Å². The van der Waals surface area contributed by atoms with Crippen LogP contribution in [0.15, 0.2) is 36.5 Å². The fraction of sp³-hybridized carbons (Fsp3) is 0.350. The number of likely N-dealkylation sites (N-methyl/N-ethyl adjacent to an activating group) is 1. The number of nitrogens with zero attached hydrogens (tertiary/aromatic N) is 3. The molecule has 7 nitrogen and oxygen atoms in total. The van der Waals surface area contributed by atoms with Crippen LogP contribution in [-0.4, -0.2) is 54.4 Å². The molecule has 0 saturated heterocycles. The van der Waals surface area contributed by atoms with E-state index in [9.17, 15) is 9.59 Å². The Morgan fingerprint density at radius 2 is 2.07 bits per heavy atom. The van der Waals surface area contributed by atoms with Gasteiger partial charge in [0.05, 0.1) is 5.69 Å². The Bertz CT molecular complexity index is 870. The van der Waals surface area contributed by atoms with E-state index in [0.717, 1.165) is 19.6 Å². The van der Waals surface area contributed by atoms with Gasteiger partial charge in [-0.1, -0.05) is 25.4 Å². The first-order valence-electron chi connectivity index (χ1n) is 9.26. The number of carbonyl (C=O) groups excluding carboxylic acids is 2. The summed E-state index contributed by atoms with van der Waals surface area (Å²) in [6, 6.07) is 8.24. The van der Waals surface area contributed by atoms with E-state index in [1.165, 1.54) is 4.90 Å². The molecule has 148 valence electrons. The Balaban J connectivity index is 1.81. The van der Waals surface area contributed by atoms with Crippen LogP contribution in [0.2, 0.25) is 5.02 Å². The van der Waals surface area contributed by atoms with Crippen molar-refractivity contribution in [2.75, 3.05) is 37.6 Å². The lowest BCUT2D eigenvalue weighted by Gasteiger charge is -2.22. The molecule has 0 radical (unpaired) electrons. The minimum atomic E-state index is -0.358. The highest BCUT2D eigenvalue weighted by Gasteiger charge is 2.30. The molecule has 28 heavy (non-hydrogen) atoms. The number of benzene rings is 1. The minimum Gasteiger partial charge on any atom is -0.436 e. The molecular weight excluding hydrogens is 380 g/mol. The van der Waals surface area contributed by atoms with E-state index in [2.05, 4.69) is 29.0 Å². The molecule has 2 heterocycles. The summed E-state index contributed by atoms with van der Waals surface area (Å²) < 4.78 is 5.81. The van der Waals surface area contributed by atoms with Gasteiger partial charge in [-0.25, -0.2) is 4.98 Å². The summed E-state index contributed by atoms with van der Waals surface area (Å²) >= 11 is 6.13. The van der Waals surface area contributed by atoms with Crippen LogP contribution in [0.25, 0.3) is 0 Å². The average molecular weight is 403 g/mol. The number of hydrogen-bond donors (Lipinski definition) is 1. The van der Waals surface area contributed by atoms with Gasteiger partial charge in [-0.3, -0.25) is 14.5 Å². The van der Waals surface area contributed by atoms with Crippen molar-refractivity contribution >= 4 is 29.1 Å². The molecule has 0 atom stereocenters. The van der Waals surface area contributed by atoms with Gasteiger partial charge in [0.25, 0.3) is 5.91 Å². The third-order valence-corrected chi connectivity index (χ3v) is 4.85. The molecular formula is C20H23ClN4O3. The van der Waals surface area contributed by atoms with Crippen LogP contribution < -0.4 is 15.0 Å². The van der Waals surface area contributed by atoms with Crippen LogP contribution >= 0.6 is 11.6 Å². The average Bonchev–Trinajstić information content (AvgIpc) is 2.81. The normalized spacial score (nSPS) is 12.9. The van der Waals surface area contributed by atoms with Crippen molar-refractivity contribution in [1.29, 1.82) is 0 Å². The molecule has 8 heteroatoms. The summed E-state index contributed by atoms with van der Waals surface area (Å²) in [5.41, 5.74) is 0.736. The van der Waals surface area contributed by atoms with E-state index in [0.29, 0.717) is 28.6 Å². The second-order valence-electron chi connectivity index (χ2n) is 6.34. The Morgan fingerprint density at radius 3 is 2.82 bits per heavy atom. The smallest absolute Gasteiger partial charge is 0.264 e. The number of nitrogens with one attached hydrogen (secondary N) is 1. The summed E-state index contributed by atoms with van der Waals surface area (Å²) in [5.74, 6) is 0.0217. The van der Waals surface area contributed by atoms with Crippen molar-refractivity contribution in [1.82, 2.24) is 15.2 Å². The minimum absolute atomic E-state index is 0.137. The van der Waals surface area contributed by atoms with Gasteiger partial charge in [-0.05, 0) is 43.4 Å². The number of hydrogen-bond acceptors (Lipinski definition) is 5. The maximum atomic E-state index is 13.1. The van der Waals surface area contributed by atoms with E-state index in [4.69, 9.17) is 16.3 Å². The zero-order valence-corrected chi connectivity index (χ0v) is 16.7. The molecule has 1 N–H and O–H groups in total. The second-order valence-corrected chi connectivity index (χ2v) is 6.77. The summed E-state index contributed by atoms with van der Waals surface area (Å²) in [6.45, 7) is 7.13. The molecule has 0 unspecified atom stereocenters. The number of carbonyl (C=O) groups is 2. The molecule has 1 aliphatic heterocycles. The maximum absolute atomic E-state index is 13.1. The maximum Gasteiger partial charge on any atom is 0.264 e. The monoisotopic (exact) mass is 402 g/mol. The van der Waals surface area contributed by atoms with Crippen molar-refractivity contribution in [2.45, 2.75) is 13.8 Å². The van der Waals surface area contributed by atoms with Crippen LogP contribution in [0.3, 0.4) is 0 Å². The van der Waals surface area contributed by atoms with E-state index < -0.39 is 0 Å². The molecule has 0 spiro atoms. The molecule has 1 aromatic carbocycles. The van der Waals surface area contributed by atoms with E-state index in [1.807, 2.05) is 0 Å². The first-order chi connectivity index (χ1) is 13.5. The van der Waals surface area contributed by atoms with Crippen molar-refractivity contribution in [3.8, 4) is 11.6 Å². The molecule has 0 saturated carbocycles. The Hall–Kier alpha value is -2.64. The predicted octanol–water partition coefficient (Wildman–Crippen LogP) is 2.95.